The summed E-state index contributed by atoms with van der Waals surface area (Å²) in [5, 5.41) is 20.0. The zero-order valence-corrected chi connectivity index (χ0v) is 13.7. The summed E-state index contributed by atoms with van der Waals surface area (Å²) in [6, 6.07) is 7.07. The molecule has 2 aromatic carbocycles. The molecule has 2 aromatic rings. The molecule has 0 bridgehead atoms. The molecule has 0 radical (unpaired) electrons. The molecule has 0 saturated heterocycles. The molecule has 0 fully saturated rings. The van der Waals surface area contributed by atoms with Crippen LogP contribution in [0.25, 0.3) is 0 Å². The molecule has 0 aromatic heterocycles. The molecule has 134 valence electrons. The number of Topliss-reactive ketones (excluding diaryl/α,β-unsaturated/α-hetero) is 1. The Morgan fingerprint density at radius 1 is 1.15 bits per heavy atom. The lowest BCUT2D eigenvalue weighted by molar-refractivity contribution is -0.118. The van der Waals surface area contributed by atoms with Gasteiger partial charge in [0.25, 0.3) is 5.91 Å². The first-order valence-corrected chi connectivity index (χ1v) is 7.89. The van der Waals surface area contributed by atoms with Gasteiger partial charge in [0.05, 0.1) is 17.3 Å². The standard InChI is InChI=1S/C19H15F2NO4/c1-2-15(24)16-17(10-4-3-5-12(23)8-10)22(19(26)18(16)25)14-9-11(20)6-7-13(14)21/h3-9,17,23,25H,2H2,1H3. The second-order valence-corrected chi connectivity index (χ2v) is 5.81. The maximum atomic E-state index is 14.3. The Labute approximate surface area is 147 Å². The van der Waals surface area contributed by atoms with Crippen LogP contribution in [0.3, 0.4) is 0 Å². The maximum Gasteiger partial charge on any atom is 0.294 e. The lowest BCUT2D eigenvalue weighted by Gasteiger charge is -2.27. The van der Waals surface area contributed by atoms with Gasteiger partial charge in [0.15, 0.2) is 11.5 Å². The van der Waals surface area contributed by atoms with Crippen molar-refractivity contribution in [1.82, 2.24) is 0 Å². The van der Waals surface area contributed by atoms with Crippen molar-refractivity contribution in [3.05, 3.63) is 71.0 Å². The van der Waals surface area contributed by atoms with E-state index in [1.165, 1.54) is 24.3 Å². The van der Waals surface area contributed by atoms with Gasteiger partial charge in [-0.1, -0.05) is 19.1 Å². The number of aromatic hydroxyl groups is 1. The molecule has 5 nitrogen and oxygen atoms in total. The summed E-state index contributed by atoms with van der Waals surface area (Å²) < 4.78 is 28.0. The summed E-state index contributed by atoms with van der Waals surface area (Å²) in [5.41, 5.74) is -0.344. The average molecular weight is 359 g/mol. The number of ketones is 1. The fourth-order valence-electron chi connectivity index (χ4n) is 3.01. The van der Waals surface area contributed by atoms with E-state index in [0.29, 0.717) is 0 Å². The number of hydrogen-bond donors (Lipinski definition) is 2. The molecule has 26 heavy (non-hydrogen) atoms. The van der Waals surface area contributed by atoms with Crippen molar-refractivity contribution in [3.8, 4) is 5.75 Å². The summed E-state index contributed by atoms with van der Waals surface area (Å²) in [6.07, 6.45) is 0.00145. The minimum absolute atomic E-state index is 0.00145. The van der Waals surface area contributed by atoms with Gasteiger partial charge in [0, 0.05) is 12.5 Å². The largest absolute Gasteiger partial charge is 0.508 e. The molecule has 1 amide bonds. The number of aliphatic hydroxyl groups excluding tert-OH is 1. The first-order valence-electron chi connectivity index (χ1n) is 7.89. The molecule has 1 heterocycles. The van der Waals surface area contributed by atoms with Gasteiger partial charge in [-0.15, -0.1) is 0 Å². The molecule has 2 N–H and O–H groups in total. The highest BCUT2D eigenvalue weighted by atomic mass is 19.1. The zero-order chi connectivity index (χ0) is 19.0. The third-order valence-electron chi connectivity index (χ3n) is 4.18. The Hall–Kier alpha value is -3.22. The van der Waals surface area contributed by atoms with E-state index in [1.807, 2.05) is 0 Å². The fraction of sp³-hybridized carbons (Fsp3) is 0.158. The van der Waals surface area contributed by atoms with Crippen LogP contribution >= 0.6 is 0 Å². The smallest absolute Gasteiger partial charge is 0.294 e. The Morgan fingerprint density at radius 2 is 1.88 bits per heavy atom. The SMILES string of the molecule is CCC(=O)C1=C(O)C(=O)N(c2cc(F)ccc2F)C1c1cccc(O)c1. The van der Waals surface area contributed by atoms with Gasteiger partial charge < -0.3 is 10.2 Å². The van der Waals surface area contributed by atoms with Crippen molar-refractivity contribution in [3.63, 3.8) is 0 Å². The van der Waals surface area contributed by atoms with E-state index >= 15 is 0 Å². The molecule has 0 aliphatic carbocycles. The van der Waals surface area contributed by atoms with Gasteiger partial charge in [-0.25, -0.2) is 8.78 Å². The van der Waals surface area contributed by atoms with Crippen molar-refractivity contribution in [2.75, 3.05) is 4.90 Å². The third kappa shape index (κ3) is 2.81. The monoisotopic (exact) mass is 359 g/mol. The highest BCUT2D eigenvalue weighted by molar-refractivity contribution is 6.16. The first kappa shape index (κ1) is 17.6. The molecular formula is C19H15F2NO4. The van der Waals surface area contributed by atoms with Gasteiger partial charge in [-0.2, -0.15) is 0 Å². The van der Waals surface area contributed by atoms with E-state index in [2.05, 4.69) is 0 Å². The van der Waals surface area contributed by atoms with Gasteiger partial charge in [0.1, 0.15) is 17.4 Å². The van der Waals surface area contributed by atoms with Crippen molar-refractivity contribution in [1.29, 1.82) is 0 Å². The molecule has 7 heteroatoms. The number of phenolic OH excluding ortho intramolecular Hbond substituents is 1. The minimum Gasteiger partial charge on any atom is -0.508 e. The summed E-state index contributed by atoms with van der Waals surface area (Å²) in [6.45, 7) is 1.55. The highest BCUT2D eigenvalue weighted by Crippen LogP contribution is 2.42. The summed E-state index contributed by atoms with van der Waals surface area (Å²) in [5.74, 6) is -4.14. The molecule has 0 saturated carbocycles. The van der Waals surface area contributed by atoms with Crippen LogP contribution in [0.5, 0.6) is 5.75 Å². The number of phenols is 1. The Balaban J connectivity index is 2.24. The van der Waals surface area contributed by atoms with Crippen LogP contribution in [0, 0.1) is 11.6 Å². The van der Waals surface area contributed by atoms with Gasteiger partial charge in [0.2, 0.25) is 0 Å². The lowest BCUT2D eigenvalue weighted by Crippen LogP contribution is -2.31. The van der Waals surface area contributed by atoms with Crippen LogP contribution < -0.4 is 4.90 Å². The molecule has 1 aliphatic heterocycles. The molecule has 0 spiro atoms. The van der Waals surface area contributed by atoms with Gasteiger partial charge in [-0.05, 0) is 29.8 Å². The fourth-order valence-corrected chi connectivity index (χ4v) is 3.01. The second kappa shape index (κ2) is 6.59. The minimum atomic E-state index is -1.18. The number of carbonyl (C=O) groups excluding carboxylic acids is 2. The number of halogens is 2. The van der Waals surface area contributed by atoms with E-state index in [0.717, 1.165) is 23.1 Å². The summed E-state index contributed by atoms with van der Waals surface area (Å²) >= 11 is 0. The lowest BCUT2D eigenvalue weighted by atomic mass is 9.94. The highest BCUT2D eigenvalue weighted by Gasteiger charge is 2.44. The first-order chi connectivity index (χ1) is 12.3. The summed E-state index contributed by atoms with van der Waals surface area (Å²) in [7, 11) is 0. The van der Waals surface area contributed by atoms with E-state index in [-0.39, 0.29) is 23.3 Å². The van der Waals surface area contributed by atoms with Crippen LogP contribution in [-0.4, -0.2) is 21.9 Å². The van der Waals surface area contributed by atoms with Crippen LogP contribution in [0.1, 0.15) is 24.9 Å². The maximum absolute atomic E-state index is 14.3. The van der Waals surface area contributed by atoms with E-state index in [1.54, 1.807) is 6.92 Å². The quantitative estimate of drug-likeness (QED) is 0.875. The Kier molecular flexibility index (Phi) is 4.46. The Morgan fingerprint density at radius 3 is 2.54 bits per heavy atom. The second-order valence-electron chi connectivity index (χ2n) is 5.81. The van der Waals surface area contributed by atoms with Gasteiger partial charge in [-0.3, -0.25) is 14.5 Å². The number of carbonyl (C=O) groups is 2. The number of benzene rings is 2. The van der Waals surface area contributed by atoms with E-state index in [9.17, 15) is 28.6 Å². The van der Waals surface area contributed by atoms with Crippen LogP contribution in [0.15, 0.2) is 53.8 Å². The number of hydrogen-bond acceptors (Lipinski definition) is 4. The molecule has 3 rings (SSSR count). The van der Waals surface area contributed by atoms with Crippen LogP contribution in [0.4, 0.5) is 14.5 Å². The van der Waals surface area contributed by atoms with Crippen LogP contribution in [-0.2, 0) is 9.59 Å². The average Bonchev–Trinajstić information content (AvgIpc) is 2.88. The van der Waals surface area contributed by atoms with E-state index < -0.39 is 40.8 Å². The number of aliphatic hydroxyl groups is 1. The Bertz CT molecular complexity index is 939. The molecule has 1 atom stereocenters. The normalized spacial score (nSPS) is 17.1. The van der Waals surface area contributed by atoms with E-state index in [4.69, 9.17) is 0 Å². The molecule has 1 aliphatic rings. The van der Waals surface area contributed by atoms with Crippen molar-refractivity contribution < 1.29 is 28.6 Å². The number of anilines is 1. The number of amides is 1. The number of rotatable bonds is 4. The number of nitrogens with zero attached hydrogens (tertiary/aromatic N) is 1. The zero-order valence-electron chi connectivity index (χ0n) is 13.7. The summed E-state index contributed by atoms with van der Waals surface area (Å²) in [4.78, 5) is 25.7. The predicted octanol–water partition coefficient (Wildman–Crippen LogP) is 3.55. The molecule has 1 unspecified atom stereocenters. The third-order valence-corrected chi connectivity index (χ3v) is 4.18. The van der Waals surface area contributed by atoms with Crippen molar-refractivity contribution in [2.24, 2.45) is 0 Å². The van der Waals surface area contributed by atoms with Crippen molar-refractivity contribution >= 4 is 17.4 Å². The topological polar surface area (TPSA) is 77.8 Å². The van der Waals surface area contributed by atoms with Crippen LogP contribution in [0.2, 0.25) is 0 Å². The van der Waals surface area contributed by atoms with Gasteiger partial charge >= 0.3 is 0 Å². The molecular weight excluding hydrogens is 344 g/mol. The predicted molar refractivity (Wildman–Crippen MR) is 89.6 cm³/mol. The van der Waals surface area contributed by atoms with Crippen molar-refractivity contribution in [2.45, 2.75) is 19.4 Å².